The van der Waals surface area contributed by atoms with Gasteiger partial charge in [0.2, 0.25) is 10.0 Å². The molecule has 22 heavy (non-hydrogen) atoms. The first-order valence-electron chi connectivity index (χ1n) is 7.29. The molecule has 1 N–H and O–H groups in total. The Hall–Kier alpha value is -1.13. The molecular formula is C15H20ClN3O2S. The highest BCUT2D eigenvalue weighted by Crippen LogP contribution is 2.35. The summed E-state index contributed by atoms with van der Waals surface area (Å²) in [7, 11) is -3.48. The second-order valence-corrected chi connectivity index (χ2v) is 7.64. The predicted molar refractivity (Wildman–Crippen MR) is 86.5 cm³/mol. The molecule has 1 unspecified atom stereocenters. The molecule has 120 valence electrons. The Bertz CT molecular complexity index is 689. The van der Waals surface area contributed by atoms with Gasteiger partial charge < -0.3 is 5.32 Å². The number of aryl methyl sites for hydroxylation is 1. The van der Waals surface area contributed by atoms with Gasteiger partial charge in [0.1, 0.15) is 0 Å². The van der Waals surface area contributed by atoms with Crippen molar-refractivity contribution in [2.45, 2.75) is 43.2 Å². The van der Waals surface area contributed by atoms with Crippen LogP contribution in [0, 0.1) is 18.3 Å². The van der Waals surface area contributed by atoms with Crippen LogP contribution in [0.1, 0.15) is 30.4 Å². The van der Waals surface area contributed by atoms with Gasteiger partial charge in [0.15, 0.2) is 0 Å². The lowest BCUT2D eigenvalue weighted by Crippen LogP contribution is -2.43. The van der Waals surface area contributed by atoms with Crippen LogP contribution in [-0.2, 0) is 10.0 Å². The van der Waals surface area contributed by atoms with Crippen LogP contribution in [-0.4, -0.2) is 37.9 Å². The molecule has 1 aliphatic heterocycles. The summed E-state index contributed by atoms with van der Waals surface area (Å²) in [6.45, 7) is 3.37. The number of nitrogens with zero attached hydrogens (tertiary/aromatic N) is 2. The molecule has 0 amide bonds. The Kier molecular flexibility index (Phi) is 5.13. The third-order valence-corrected chi connectivity index (χ3v) is 6.20. The molecule has 3 rings (SSSR count). The molecule has 1 atom stereocenters. The van der Waals surface area contributed by atoms with E-state index in [4.69, 9.17) is 5.26 Å². The predicted octanol–water partition coefficient (Wildman–Crippen LogP) is 1.80. The van der Waals surface area contributed by atoms with Crippen LogP contribution in [0.3, 0.4) is 0 Å². The minimum atomic E-state index is -3.48. The summed E-state index contributed by atoms with van der Waals surface area (Å²) in [4.78, 5) is 0.304. The van der Waals surface area contributed by atoms with Crippen molar-refractivity contribution in [2.24, 2.45) is 0 Å². The van der Waals surface area contributed by atoms with Gasteiger partial charge in [0.25, 0.3) is 0 Å². The van der Waals surface area contributed by atoms with Gasteiger partial charge in [-0.25, -0.2) is 8.42 Å². The molecule has 0 bridgehead atoms. The number of nitriles is 1. The van der Waals surface area contributed by atoms with E-state index >= 15 is 0 Å². The summed E-state index contributed by atoms with van der Waals surface area (Å²) >= 11 is 0. The molecule has 0 aromatic heterocycles. The number of hydrogen-bond donors (Lipinski definition) is 1. The molecule has 1 saturated heterocycles. The lowest BCUT2D eigenvalue weighted by Gasteiger charge is -2.27. The highest BCUT2D eigenvalue weighted by Gasteiger charge is 2.43. The number of benzene rings is 1. The summed E-state index contributed by atoms with van der Waals surface area (Å²) in [5, 5.41) is 12.2. The zero-order valence-corrected chi connectivity index (χ0v) is 14.1. The fraction of sp³-hybridized carbons (Fsp3) is 0.533. The first-order chi connectivity index (χ1) is 10.0. The molecule has 1 saturated carbocycles. The molecular weight excluding hydrogens is 322 g/mol. The molecule has 1 aromatic rings. The van der Waals surface area contributed by atoms with E-state index in [9.17, 15) is 8.42 Å². The lowest BCUT2D eigenvalue weighted by atomic mass is 10.1. The van der Waals surface area contributed by atoms with E-state index in [2.05, 4.69) is 11.4 Å². The minimum absolute atomic E-state index is 0. The van der Waals surface area contributed by atoms with Crippen molar-refractivity contribution >= 4 is 22.4 Å². The molecule has 0 spiro atoms. The highest BCUT2D eigenvalue weighted by atomic mass is 35.5. The summed E-state index contributed by atoms with van der Waals surface area (Å²) in [6.07, 6.45) is 2.76. The minimum Gasteiger partial charge on any atom is -0.315 e. The molecule has 0 radical (unpaired) electrons. The van der Waals surface area contributed by atoms with Crippen LogP contribution < -0.4 is 5.32 Å². The Morgan fingerprint density at radius 1 is 1.27 bits per heavy atom. The molecule has 5 nitrogen and oxygen atoms in total. The van der Waals surface area contributed by atoms with Gasteiger partial charge in [-0.3, -0.25) is 0 Å². The zero-order valence-electron chi connectivity index (χ0n) is 12.4. The van der Waals surface area contributed by atoms with Crippen LogP contribution in [0.4, 0.5) is 0 Å². The van der Waals surface area contributed by atoms with Crippen molar-refractivity contribution in [3.05, 3.63) is 29.3 Å². The maximum Gasteiger partial charge on any atom is 0.243 e. The van der Waals surface area contributed by atoms with Gasteiger partial charge in [-0.2, -0.15) is 9.57 Å². The van der Waals surface area contributed by atoms with Crippen LogP contribution >= 0.6 is 12.4 Å². The van der Waals surface area contributed by atoms with Gasteiger partial charge in [0.05, 0.1) is 16.5 Å². The van der Waals surface area contributed by atoms with Crippen molar-refractivity contribution in [3.8, 4) is 6.07 Å². The Morgan fingerprint density at radius 2 is 2.00 bits per heavy atom. The van der Waals surface area contributed by atoms with Crippen molar-refractivity contribution < 1.29 is 8.42 Å². The maximum absolute atomic E-state index is 13.0. The summed E-state index contributed by atoms with van der Waals surface area (Å²) in [6, 6.07) is 7.05. The standard InChI is InChI=1S/C15H19N3O2S.ClH/c1-11-8-15(5-2-12(11)9-16)21(19,20)18(13-3-4-13)14-6-7-17-10-14;/h2,5,8,13-14,17H,3-4,6-7,10H2,1H3;1H. The third kappa shape index (κ3) is 3.13. The first-order valence-corrected chi connectivity index (χ1v) is 8.73. The van der Waals surface area contributed by atoms with Crippen LogP contribution in [0.2, 0.25) is 0 Å². The first kappa shape index (κ1) is 17.2. The van der Waals surface area contributed by atoms with Crippen LogP contribution in [0.25, 0.3) is 0 Å². The van der Waals surface area contributed by atoms with E-state index in [-0.39, 0.29) is 24.5 Å². The topological polar surface area (TPSA) is 73.2 Å². The van der Waals surface area contributed by atoms with Gasteiger partial charge in [-0.15, -0.1) is 12.4 Å². The normalized spacial score (nSPS) is 21.4. The molecule has 2 fully saturated rings. The quantitative estimate of drug-likeness (QED) is 0.906. The van der Waals surface area contributed by atoms with E-state index in [1.54, 1.807) is 29.4 Å². The molecule has 1 heterocycles. The number of halogens is 1. The highest BCUT2D eigenvalue weighted by molar-refractivity contribution is 7.89. The summed E-state index contributed by atoms with van der Waals surface area (Å²) < 4.78 is 27.6. The fourth-order valence-electron chi connectivity index (χ4n) is 2.92. The van der Waals surface area contributed by atoms with Crippen molar-refractivity contribution in [1.82, 2.24) is 9.62 Å². The molecule has 1 aliphatic carbocycles. The van der Waals surface area contributed by atoms with Crippen LogP contribution in [0.5, 0.6) is 0 Å². The molecule has 2 aliphatic rings. The number of rotatable bonds is 4. The van der Waals surface area contributed by atoms with Crippen molar-refractivity contribution in [3.63, 3.8) is 0 Å². The second-order valence-electron chi connectivity index (χ2n) is 5.80. The third-order valence-electron chi connectivity index (χ3n) is 4.19. The van der Waals surface area contributed by atoms with E-state index in [1.165, 1.54) is 0 Å². The van der Waals surface area contributed by atoms with Gasteiger partial charge in [0, 0.05) is 18.6 Å². The molecule has 7 heteroatoms. The van der Waals surface area contributed by atoms with E-state index in [1.807, 2.05) is 0 Å². The van der Waals surface area contributed by atoms with Crippen molar-refractivity contribution in [1.29, 1.82) is 5.26 Å². The fourth-order valence-corrected chi connectivity index (χ4v) is 4.90. The number of hydrogen-bond acceptors (Lipinski definition) is 4. The second kappa shape index (κ2) is 6.55. The Labute approximate surface area is 137 Å². The number of sulfonamides is 1. The zero-order chi connectivity index (χ0) is 15.0. The summed E-state index contributed by atoms with van der Waals surface area (Å²) in [5.41, 5.74) is 1.23. The van der Waals surface area contributed by atoms with Crippen molar-refractivity contribution in [2.75, 3.05) is 13.1 Å². The average molecular weight is 342 g/mol. The van der Waals surface area contributed by atoms with E-state index in [0.29, 0.717) is 16.0 Å². The Morgan fingerprint density at radius 3 is 2.50 bits per heavy atom. The van der Waals surface area contributed by atoms with Gasteiger partial charge in [-0.05, 0) is 56.5 Å². The van der Waals surface area contributed by atoms with Crippen LogP contribution in [0.15, 0.2) is 23.1 Å². The van der Waals surface area contributed by atoms with Gasteiger partial charge in [-0.1, -0.05) is 0 Å². The largest absolute Gasteiger partial charge is 0.315 e. The van der Waals surface area contributed by atoms with E-state index in [0.717, 1.165) is 32.4 Å². The SMILES string of the molecule is Cc1cc(S(=O)(=O)N(C2CC2)C2CCNC2)ccc1C#N.Cl. The molecule has 1 aromatic carbocycles. The monoisotopic (exact) mass is 341 g/mol. The van der Waals surface area contributed by atoms with E-state index < -0.39 is 10.0 Å². The lowest BCUT2D eigenvalue weighted by molar-refractivity contribution is 0.327. The average Bonchev–Trinajstić information content (AvgIpc) is 3.12. The smallest absolute Gasteiger partial charge is 0.243 e. The van der Waals surface area contributed by atoms with Gasteiger partial charge >= 0.3 is 0 Å². The maximum atomic E-state index is 13.0. The Balaban J connectivity index is 0.00000176. The number of nitrogens with one attached hydrogen (secondary N) is 1. The summed E-state index contributed by atoms with van der Waals surface area (Å²) in [5.74, 6) is 0.